The number of alkyl halides is 2. The molecule has 2 aromatic rings. The number of hydrogen-bond acceptors (Lipinski definition) is 5. The van der Waals surface area contributed by atoms with Crippen molar-refractivity contribution in [3.05, 3.63) is 48.4 Å². The molecule has 1 aliphatic heterocycles. The molecule has 0 aliphatic carbocycles. The maximum atomic E-state index is 14.1. The first kappa shape index (κ1) is 18.5. The highest BCUT2D eigenvalue weighted by molar-refractivity contribution is 8.01. The second-order valence-electron chi connectivity index (χ2n) is 5.53. The van der Waals surface area contributed by atoms with E-state index in [4.69, 9.17) is 4.74 Å². The molecule has 0 radical (unpaired) electrons. The van der Waals surface area contributed by atoms with E-state index in [0.717, 1.165) is 12.1 Å². The van der Waals surface area contributed by atoms with Crippen LogP contribution in [0, 0.1) is 5.82 Å². The predicted molar refractivity (Wildman–Crippen MR) is 93.1 cm³/mol. The number of carbonyl (C=O) groups is 1. The molecule has 1 aromatic carbocycles. The molecule has 1 amide bonds. The molecular formula is C17H16F3N3O2S. The minimum atomic E-state index is -3.71. The zero-order chi connectivity index (χ0) is 18.6. The van der Waals surface area contributed by atoms with Crippen molar-refractivity contribution in [2.45, 2.75) is 10.2 Å². The predicted octanol–water partition coefficient (Wildman–Crippen LogP) is 3.38. The van der Waals surface area contributed by atoms with Crippen LogP contribution in [-0.2, 0) is 9.53 Å². The summed E-state index contributed by atoms with van der Waals surface area (Å²) < 4.78 is 46.2. The SMILES string of the molecule is O=C(Nc1ccc(N2CCOCC2)nc1)C(F)(F)Sc1ccc(F)cc1. The van der Waals surface area contributed by atoms with Gasteiger partial charge in [0.05, 0.1) is 25.1 Å². The second-order valence-corrected chi connectivity index (χ2v) is 6.72. The number of thioether (sulfide) groups is 1. The minimum Gasteiger partial charge on any atom is -0.378 e. The molecule has 1 aliphatic rings. The van der Waals surface area contributed by atoms with E-state index in [0.29, 0.717) is 32.1 Å². The Balaban J connectivity index is 1.61. The number of rotatable bonds is 5. The summed E-state index contributed by atoms with van der Waals surface area (Å²) in [6.07, 6.45) is 1.33. The summed E-state index contributed by atoms with van der Waals surface area (Å²) in [6, 6.07) is 7.69. The quantitative estimate of drug-likeness (QED) is 0.803. The van der Waals surface area contributed by atoms with Gasteiger partial charge in [-0.3, -0.25) is 4.79 Å². The molecule has 26 heavy (non-hydrogen) atoms. The Kier molecular flexibility index (Phi) is 5.67. The molecule has 3 rings (SSSR count). The summed E-state index contributed by atoms with van der Waals surface area (Å²) in [4.78, 5) is 18.2. The molecule has 5 nitrogen and oxygen atoms in total. The first-order valence-corrected chi connectivity index (χ1v) is 8.68. The number of halogens is 3. The minimum absolute atomic E-state index is 0.0532. The van der Waals surface area contributed by atoms with Crippen molar-refractivity contribution in [2.24, 2.45) is 0 Å². The topological polar surface area (TPSA) is 54.5 Å². The van der Waals surface area contributed by atoms with Gasteiger partial charge in [-0.25, -0.2) is 9.37 Å². The van der Waals surface area contributed by atoms with Crippen molar-refractivity contribution in [1.82, 2.24) is 4.98 Å². The number of pyridine rings is 1. The number of ether oxygens (including phenoxy) is 1. The lowest BCUT2D eigenvalue weighted by molar-refractivity contribution is -0.129. The summed E-state index contributed by atoms with van der Waals surface area (Å²) >= 11 is 0.0532. The Morgan fingerprint density at radius 3 is 2.46 bits per heavy atom. The van der Waals surface area contributed by atoms with Crippen LogP contribution in [0.1, 0.15) is 0 Å². The van der Waals surface area contributed by atoms with Crippen molar-refractivity contribution in [3.63, 3.8) is 0 Å². The highest BCUT2D eigenvalue weighted by atomic mass is 32.2. The number of nitrogens with one attached hydrogen (secondary N) is 1. The number of nitrogens with zero attached hydrogens (tertiary/aromatic N) is 2. The van der Waals surface area contributed by atoms with Crippen LogP contribution in [0.25, 0.3) is 0 Å². The van der Waals surface area contributed by atoms with Crippen molar-refractivity contribution >= 4 is 29.2 Å². The van der Waals surface area contributed by atoms with Gasteiger partial charge in [-0.15, -0.1) is 0 Å². The monoisotopic (exact) mass is 383 g/mol. The van der Waals surface area contributed by atoms with Crippen molar-refractivity contribution in [3.8, 4) is 0 Å². The van der Waals surface area contributed by atoms with Crippen LogP contribution in [-0.4, -0.2) is 42.4 Å². The zero-order valence-corrected chi connectivity index (χ0v) is 14.4. The average molecular weight is 383 g/mol. The van der Waals surface area contributed by atoms with E-state index >= 15 is 0 Å². The molecule has 0 unspecified atom stereocenters. The van der Waals surface area contributed by atoms with Gasteiger partial charge in [0.25, 0.3) is 0 Å². The van der Waals surface area contributed by atoms with Gasteiger partial charge in [0.15, 0.2) is 0 Å². The van der Waals surface area contributed by atoms with Crippen LogP contribution in [0.5, 0.6) is 0 Å². The van der Waals surface area contributed by atoms with Gasteiger partial charge in [-0.2, -0.15) is 8.78 Å². The van der Waals surface area contributed by atoms with Gasteiger partial charge < -0.3 is 15.0 Å². The average Bonchev–Trinajstić information content (AvgIpc) is 2.65. The third-order valence-electron chi connectivity index (χ3n) is 3.66. The molecule has 9 heteroatoms. The molecule has 1 saturated heterocycles. The summed E-state index contributed by atoms with van der Waals surface area (Å²) in [7, 11) is 0. The number of amides is 1. The number of aromatic nitrogens is 1. The van der Waals surface area contributed by atoms with Crippen LogP contribution < -0.4 is 10.2 Å². The normalized spacial score (nSPS) is 15.0. The van der Waals surface area contributed by atoms with E-state index < -0.39 is 17.0 Å². The number of morpholine rings is 1. The molecule has 138 valence electrons. The van der Waals surface area contributed by atoms with Crippen LogP contribution in [0.2, 0.25) is 0 Å². The fourth-order valence-electron chi connectivity index (χ4n) is 2.34. The summed E-state index contributed by atoms with van der Waals surface area (Å²) in [5, 5.41) is -1.55. The molecule has 0 spiro atoms. The summed E-state index contributed by atoms with van der Waals surface area (Å²) in [5.41, 5.74) is 0.173. The fourth-order valence-corrected chi connectivity index (χ4v) is 3.05. The standard InChI is InChI=1S/C17H16F3N3O2S/c18-12-1-4-14(5-2-12)26-17(19,20)16(24)22-13-3-6-15(21-11-13)23-7-9-25-10-8-23/h1-6,11H,7-10H2,(H,22,24). The van der Waals surface area contributed by atoms with Gasteiger partial charge in [0, 0.05) is 18.0 Å². The Morgan fingerprint density at radius 2 is 1.85 bits per heavy atom. The van der Waals surface area contributed by atoms with Crippen LogP contribution in [0.4, 0.5) is 24.7 Å². The first-order valence-electron chi connectivity index (χ1n) is 7.87. The number of hydrogen-bond donors (Lipinski definition) is 1. The van der Waals surface area contributed by atoms with Crippen LogP contribution in [0.15, 0.2) is 47.5 Å². The van der Waals surface area contributed by atoms with Crippen molar-refractivity contribution < 1.29 is 22.7 Å². The smallest absolute Gasteiger partial charge is 0.375 e. The fraction of sp³-hybridized carbons (Fsp3) is 0.294. The lowest BCUT2D eigenvalue weighted by Gasteiger charge is -2.27. The van der Waals surface area contributed by atoms with E-state index in [1.807, 2.05) is 4.90 Å². The number of anilines is 2. The van der Waals surface area contributed by atoms with Crippen molar-refractivity contribution in [1.29, 1.82) is 0 Å². The van der Waals surface area contributed by atoms with Gasteiger partial charge in [0.1, 0.15) is 11.6 Å². The third kappa shape index (κ3) is 4.67. The van der Waals surface area contributed by atoms with Crippen LogP contribution >= 0.6 is 11.8 Å². The Hall–Kier alpha value is -2.26. The molecular weight excluding hydrogens is 367 g/mol. The Labute approximate surface area is 152 Å². The molecule has 0 saturated carbocycles. The Bertz CT molecular complexity index is 751. The zero-order valence-electron chi connectivity index (χ0n) is 13.6. The van der Waals surface area contributed by atoms with E-state index in [1.165, 1.54) is 24.4 Å². The molecule has 0 atom stereocenters. The van der Waals surface area contributed by atoms with Gasteiger partial charge in [-0.05, 0) is 48.2 Å². The van der Waals surface area contributed by atoms with Crippen molar-refractivity contribution in [2.75, 3.05) is 36.5 Å². The van der Waals surface area contributed by atoms with E-state index in [1.54, 1.807) is 6.07 Å². The molecule has 0 bridgehead atoms. The molecule has 1 aromatic heterocycles. The second kappa shape index (κ2) is 7.96. The summed E-state index contributed by atoms with van der Waals surface area (Å²) in [5.74, 6) is -1.31. The van der Waals surface area contributed by atoms with Gasteiger partial charge >= 0.3 is 11.2 Å². The molecule has 1 fully saturated rings. The largest absolute Gasteiger partial charge is 0.378 e. The molecule has 2 heterocycles. The lowest BCUT2D eigenvalue weighted by atomic mass is 10.3. The lowest BCUT2D eigenvalue weighted by Crippen LogP contribution is -2.36. The van der Waals surface area contributed by atoms with Gasteiger partial charge in [0.2, 0.25) is 0 Å². The highest BCUT2D eigenvalue weighted by Gasteiger charge is 2.40. The Morgan fingerprint density at radius 1 is 1.15 bits per heavy atom. The van der Waals surface area contributed by atoms with Crippen LogP contribution in [0.3, 0.4) is 0 Å². The first-order chi connectivity index (χ1) is 12.4. The maximum Gasteiger partial charge on any atom is 0.375 e. The number of benzene rings is 1. The van der Waals surface area contributed by atoms with E-state index in [-0.39, 0.29) is 22.3 Å². The summed E-state index contributed by atoms with van der Waals surface area (Å²) in [6.45, 7) is 2.61. The number of carbonyl (C=O) groups excluding carboxylic acids is 1. The molecule has 1 N–H and O–H groups in total. The maximum absolute atomic E-state index is 14.1. The van der Waals surface area contributed by atoms with E-state index in [2.05, 4.69) is 10.3 Å². The van der Waals surface area contributed by atoms with E-state index in [9.17, 15) is 18.0 Å². The highest BCUT2D eigenvalue weighted by Crippen LogP contribution is 2.36. The van der Waals surface area contributed by atoms with Gasteiger partial charge in [-0.1, -0.05) is 0 Å². The third-order valence-corrected chi connectivity index (χ3v) is 4.61.